The molecule has 0 saturated heterocycles. The molecule has 3 N–H and O–H groups in total. The Morgan fingerprint density at radius 2 is 1.51 bits per heavy atom. The van der Waals surface area contributed by atoms with E-state index < -0.39 is 5.54 Å². The van der Waals surface area contributed by atoms with Gasteiger partial charge in [-0.3, -0.25) is 9.52 Å². The normalized spacial score (nSPS) is 10.9. The number of hydrogen-bond acceptors (Lipinski definition) is 5. The molecule has 0 aliphatic heterocycles. The van der Waals surface area contributed by atoms with E-state index in [9.17, 15) is 9.59 Å². The molecule has 0 saturated carbocycles. The van der Waals surface area contributed by atoms with Gasteiger partial charge in [-0.1, -0.05) is 42.5 Å². The summed E-state index contributed by atoms with van der Waals surface area (Å²) in [5, 5.41) is 5.75. The SMILES string of the molecule is COc1ccc(-c2cccc(Oc3ccc(C(=O)Nc4ccccc4)cc3SNC(=O)NC(C)(C)C)c2)cc1. The summed E-state index contributed by atoms with van der Waals surface area (Å²) in [6, 6.07) is 29.5. The molecule has 0 aliphatic carbocycles. The number of nitrogens with one attached hydrogen (secondary N) is 3. The fourth-order valence-electron chi connectivity index (χ4n) is 3.66. The standard InChI is InChI=1S/C31H31N3O4S/c1-31(2,3)33-30(36)34-39-28-20-23(29(35)32-24-10-6-5-7-11-24)15-18-27(28)38-26-12-8-9-22(19-26)21-13-16-25(37-4)17-14-21/h5-20H,1-4H3,(H,32,35)(H2,33,34,36). The highest BCUT2D eigenvalue weighted by Crippen LogP contribution is 2.34. The van der Waals surface area contributed by atoms with Crippen molar-refractivity contribution in [2.45, 2.75) is 31.2 Å². The predicted molar refractivity (Wildman–Crippen MR) is 157 cm³/mol. The number of hydrogen-bond donors (Lipinski definition) is 3. The Morgan fingerprint density at radius 3 is 2.21 bits per heavy atom. The van der Waals surface area contributed by atoms with E-state index in [-0.39, 0.29) is 11.9 Å². The average molecular weight is 542 g/mol. The van der Waals surface area contributed by atoms with Crippen LogP contribution in [0.2, 0.25) is 0 Å². The topological polar surface area (TPSA) is 88.7 Å². The van der Waals surface area contributed by atoms with Gasteiger partial charge in [0.25, 0.3) is 5.91 Å². The Hall–Kier alpha value is -4.43. The second-order valence-corrected chi connectivity index (χ2v) is 10.6. The summed E-state index contributed by atoms with van der Waals surface area (Å²) in [6.45, 7) is 5.70. The number of para-hydroxylation sites is 1. The molecule has 7 nitrogen and oxygen atoms in total. The van der Waals surface area contributed by atoms with Crippen molar-refractivity contribution in [3.63, 3.8) is 0 Å². The zero-order valence-corrected chi connectivity index (χ0v) is 23.1. The summed E-state index contributed by atoms with van der Waals surface area (Å²) in [6.07, 6.45) is 0. The molecule has 0 fully saturated rings. The average Bonchev–Trinajstić information content (AvgIpc) is 2.92. The molecule has 3 amide bonds. The van der Waals surface area contributed by atoms with Gasteiger partial charge >= 0.3 is 6.03 Å². The van der Waals surface area contributed by atoms with Crippen LogP contribution in [-0.2, 0) is 0 Å². The molecule has 0 unspecified atom stereocenters. The van der Waals surface area contributed by atoms with Crippen molar-refractivity contribution in [3.05, 3.63) is 103 Å². The molecule has 4 aromatic rings. The maximum absolute atomic E-state index is 12.9. The van der Waals surface area contributed by atoms with E-state index in [4.69, 9.17) is 9.47 Å². The first-order chi connectivity index (χ1) is 18.7. The van der Waals surface area contributed by atoms with E-state index in [1.807, 2.05) is 99.6 Å². The molecule has 0 atom stereocenters. The Labute approximate surface area is 233 Å². The summed E-state index contributed by atoms with van der Waals surface area (Å²) in [5.41, 5.74) is 2.72. The molecule has 4 aromatic carbocycles. The minimum Gasteiger partial charge on any atom is -0.497 e. The first-order valence-electron chi connectivity index (χ1n) is 12.4. The Kier molecular flexibility index (Phi) is 8.78. The lowest BCUT2D eigenvalue weighted by Gasteiger charge is -2.20. The minimum atomic E-state index is -0.400. The molecule has 0 aliphatic rings. The molecular weight excluding hydrogens is 510 g/mol. The fourth-order valence-corrected chi connectivity index (χ4v) is 4.31. The molecule has 4 rings (SSSR count). The van der Waals surface area contributed by atoms with E-state index in [0.717, 1.165) is 28.8 Å². The fraction of sp³-hybridized carbons (Fsp3) is 0.161. The molecule has 0 heterocycles. The zero-order chi connectivity index (χ0) is 27.8. The third kappa shape index (κ3) is 8.02. The quantitative estimate of drug-likeness (QED) is 0.201. The van der Waals surface area contributed by atoms with Crippen molar-refractivity contribution in [1.82, 2.24) is 10.0 Å². The van der Waals surface area contributed by atoms with Crippen molar-refractivity contribution in [3.8, 4) is 28.4 Å². The highest BCUT2D eigenvalue weighted by Gasteiger charge is 2.17. The van der Waals surface area contributed by atoms with Gasteiger partial charge in [-0.2, -0.15) is 0 Å². The lowest BCUT2D eigenvalue weighted by Crippen LogP contribution is -2.44. The van der Waals surface area contributed by atoms with Crippen LogP contribution >= 0.6 is 11.9 Å². The number of carbonyl (C=O) groups is 2. The Morgan fingerprint density at radius 1 is 0.769 bits per heavy atom. The van der Waals surface area contributed by atoms with Crippen molar-refractivity contribution >= 4 is 29.6 Å². The van der Waals surface area contributed by atoms with Gasteiger partial charge in [-0.25, -0.2) is 4.79 Å². The van der Waals surface area contributed by atoms with Crippen molar-refractivity contribution < 1.29 is 19.1 Å². The number of ether oxygens (including phenoxy) is 2. The van der Waals surface area contributed by atoms with E-state index in [1.54, 1.807) is 25.3 Å². The van der Waals surface area contributed by atoms with E-state index in [2.05, 4.69) is 15.4 Å². The van der Waals surface area contributed by atoms with Crippen LogP contribution in [0.5, 0.6) is 17.2 Å². The molecule has 0 radical (unpaired) electrons. The van der Waals surface area contributed by atoms with Crippen LogP contribution in [0.1, 0.15) is 31.1 Å². The Bertz CT molecular complexity index is 1430. The van der Waals surface area contributed by atoms with Crippen LogP contribution < -0.4 is 24.8 Å². The van der Waals surface area contributed by atoms with Crippen molar-refractivity contribution in [1.29, 1.82) is 0 Å². The number of anilines is 1. The number of methoxy groups -OCH3 is 1. The first-order valence-corrected chi connectivity index (χ1v) is 13.2. The second-order valence-electron chi connectivity index (χ2n) is 9.75. The van der Waals surface area contributed by atoms with Crippen LogP contribution in [0.25, 0.3) is 11.1 Å². The predicted octanol–water partition coefficient (Wildman–Crippen LogP) is 7.51. The van der Waals surface area contributed by atoms with Crippen LogP contribution in [0, 0.1) is 0 Å². The maximum Gasteiger partial charge on any atom is 0.325 e. The summed E-state index contributed by atoms with van der Waals surface area (Å²) < 4.78 is 14.3. The zero-order valence-electron chi connectivity index (χ0n) is 22.3. The largest absolute Gasteiger partial charge is 0.497 e. The van der Waals surface area contributed by atoms with Gasteiger partial charge in [0.15, 0.2) is 0 Å². The van der Waals surface area contributed by atoms with E-state index >= 15 is 0 Å². The number of amides is 3. The van der Waals surface area contributed by atoms with Crippen LogP contribution in [0.15, 0.2) is 102 Å². The van der Waals surface area contributed by atoms with Crippen molar-refractivity contribution in [2.75, 3.05) is 12.4 Å². The number of carbonyl (C=O) groups excluding carboxylic acids is 2. The molecule has 0 bridgehead atoms. The highest BCUT2D eigenvalue weighted by atomic mass is 32.2. The van der Waals surface area contributed by atoms with Gasteiger partial charge < -0.3 is 20.1 Å². The first kappa shape index (κ1) is 27.6. The summed E-state index contributed by atoms with van der Waals surface area (Å²) in [5.74, 6) is 1.63. The number of urea groups is 1. The maximum atomic E-state index is 12.9. The third-order valence-corrected chi connectivity index (χ3v) is 6.29. The molecule has 39 heavy (non-hydrogen) atoms. The highest BCUT2D eigenvalue weighted by molar-refractivity contribution is 7.98. The molecule has 200 valence electrons. The van der Waals surface area contributed by atoms with Crippen molar-refractivity contribution in [2.24, 2.45) is 0 Å². The molecule has 8 heteroatoms. The summed E-state index contributed by atoms with van der Waals surface area (Å²) in [4.78, 5) is 26.0. The monoisotopic (exact) mass is 541 g/mol. The van der Waals surface area contributed by atoms with Crippen LogP contribution in [0.4, 0.5) is 10.5 Å². The smallest absolute Gasteiger partial charge is 0.325 e. The molecule has 0 aromatic heterocycles. The van der Waals surface area contributed by atoms with Gasteiger partial charge in [-0.15, -0.1) is 0 Å². The summed E-state index contributed by atoms with van der Waals surface area (Å²) in [7, 11) is 1.64. The third-order valence-electron chi connectivity index (χ3n) is 5.46. The lowest BCUT2D eigenvalue weighted by molar-refractivity contribution is 0.102. The number of rotatable bonds is 8. The molecular formula is C31H31N3O4S. The van der Waals surface area contributed by atoms with E-state index in [1.165, 1.54) is 0 Å². The van der Waals surface area contributed by atoms with Gasteiger partial charge in [-0.05, 0) is 98.4 Å². The van der Waals surface area contributed by atoms with Gasteiger partial charge in [0.05, 0.1) is 12.0 Å². The lowest BCUT2D eigenvalue weighted by atomic mass is 10.1. The van der Waals surface area contributed by atoms with Crippen LogP contribution in [0.3, 0.4) is 0 Å². The van der Waals surface area contributed by atoms with E-state index in [0.29, 0.717) is 27.6 Å². The molecule has 0 spiro atoms. The van der Waals surface area contributed by atoms with Gasteiger partial charge in [0.1, 0.15) is 17.2 Å². The minimum absolute atomic E-state index is 0.268. The van der Waals surface area contributed by atoms with Crippen LogP contribution in [-0.4, -0.2) is 24.6 Å². The second kappa shape index (κ2) is 12.4. The van der Waals surface area contributed by atoms with Gasteiger partial charge in [0, 0.05) is 16.8 Å². The summed E-state index contributed by atoms with van der Waals surface area (Å²) >= 11 is 1.08. The number of benzene rings is 4. The Balaban J connectivity index is 1.58. The van der Waals surface area contributed by atoms with Gasteiger partial charge in [0.2, 0.25) is 0 Å².